The van der Waals surface area contributed by atoms with Gasteiger partial charge in [-0.2, -0.15) is 0 Å². The quantitative estimate of drug-likeness (QED) is 0.744. The minimum atomic E-state index is 0.315. The van der Waals surface area contributed by atoms with Gasteiger partial charge >= 0.3 is 0 Å². The number of aromatic nitrogens is 2. The number of benzene rings is 1. The predicted molar refractivity (Wildman–Crippen MR) is 77.7 cm³/mol. The van der Waals surface area contributed by atoms with Crippen molar-refractivity contribution in [2.24, 2.45) is 0 Å². The van der Waals surface area contributed by atoms with Crippen molar-refractivity contribution >= 4 is 17.4 Å². The van der Waals surface area contributed by atoms with Crippen LogP contribution in [0.25, 0.3) is 0 Å². The molecule has 1 aliphatic heterocycles. The Bertz CT molecular complexity index is 592. The van der Waals surface area contributed by atoms with E-state index in [-0.39, 0.29) is 0 Å². The number of halogens is 1. The topological polar surface area (TPSA) is 29.0 Å². The average Bonchev–Trinajstić information content (AvgIpc) is 2.38. The second-order valence-corrected chi connectivity index (χ2v) is 5.29. The summed E-state index contributed by atoms with van der Waals surface area (Å²) in [5.74, 6) is 0.916. The summed E-state index contributed by atoms with van der Waals surface area (Å²) in [6.45, 7) is 5.12. The Kier molecular flexibility index (Phi) is 3.15. The lowest BCUT2D eigenvalue weighted by molar-refractivity contribution is 0.616. The Hall–Kier alpha value is -1.61. The molecular formula is C15H16ClN3. The van der Waals surface area contributed by atoms with Gasteiger partial charge in [-0.1, -0.05) is 24.3 Å². The molecule has 0 aliphatic carbocycles. The van der Waals surface area contributed by atoms with E-state index in [0.29, 0.717) is 11.3 Å². The van der Waals surface area contributed by atoms with Gasteiger partial charge in [-0.15, -0.1) is 0 Å². The molecule has 3 rings (SSSR count). The molecule has 1 aromatic heterocycles. The third-order valence-corrected chi connectivity index (χ3v) is 3.87. The first-order valence-electron chi connectivity index (χ1n) is 6.51. The molecule has 1 aromatic carbocycles. The minimum absolute atomic E-state index is 0.315. The Morgan fingerprint density at radius 3 is 2.84 bits per heavy atom. The third kappa shape index (κ3) is 2.30. The van der Waals surface area contributed by atoms with Crippen molar-refractivity contribution in [3.8, 4) is 0 Å². The van der Waals surface area contributed by atoms with Crippen molar-refractivity contribution in [3.63, 3.8) is 0 Å². The van der Waals surface area contributed by atoms with E-state index >= 15 is 0 Å². The maximum atomic E-state index is 5.97. The van der Waals surface area contributed by atoms with Crippen LogP contribution in [0.3, 0.4) is 0 Å². The van der Waals surface area contributed by atoms with Crippen molar-refractivity contribution in [1.82, 2.24) is 9.97 Å². The molecule has 98 valence electrons. The van der Waals surface area contributed by atoms with Crippen molar-refractivity contribution in [3.05, 3.63) is 52.4 Å². The molecule has 0 radical (unpaired) electrons. The molecule has 2 heterocycles. The van der Waals surface area contributed by atoms with Gasteiger partial charge in [-0.05, 0) is 43.0 Å². The summed E-state index contributed by atoms with van der Waals surface area (Å²) in [6.07, 6.45) is 1.04. The Balaban J connectivity index is 1.99. The van der Waals surface area contributed by atoms with Gasteiger partial charge in [-0.25, -0.2) is 9.97 Å². The van der Waals surface area contributed by atoms with E-state index in [4.69, 9.17) is 11.6 Å². The van der Waals surface area contributed by atoms with E-state index in [0.717, 1.165) is 24.5 Å². The van der Waals surface area contributed by atoms with E-state index in [2.05, 4.69) is 46.1 Å². The molecule has 0 fully saturated rings. The van der Waals surface area contributed by atoms with Gasteiger partial charge in [0.2, 0.25) is 5.28 Å². The number of aryl methyl sites for hydroxylation is 1. The Morgan fingerprint density at radius 2 is 2.05 bits per heavy atom. The number of hydrogen-bond acceptors (Lipinski definition) is 3. The van der Waals surface area contributed by atoms with Gasteiger partial charge in [0.05, 0.1) is 6.04 Å². The largest absolute Gasteiger partial charge is 0.349 e. The molecule has 4 heteroatoms. The van der Waals surface area contributed by atoms with Crippen LogP contribution in [-0.2, 0) is 6.42 Å². The lowest BCUT2D eigenvalue weighted by atomic mass is 9.93. The fourth-order valence-corrected chi connectivity index (χ4v) is 2.97. The molecule has 1 atom stereocenters. The van der Waals surface area contributed by atoms with Gasteiger partial charge < -0.3 is 4.90 Å². The summed E-state index contributed by atoms with van der Waals surface area (Å²) in [7, 11) is 0. The molecule has 2 aromatic rings. The maximum Gasteiger partial charge on any atom is 0.224 e. The highest BCUT2D eigenvalue weighted by atomic mass is 35.5. The zero-order chi connectivity index (χ0) is 13.4. The molecule has 19 heavy (non-hydrogen) atoms. The highest BCUT2D eigenvalue weighted by Gasteiger charge is 2.24. The summed E-state index contributed by atoms with van der Waals surface area (Å²) in [5, 5.41) is 0.320. The highest BCUT2D eigenvalue weighted by Crippen LogP contribution is 2.32. The fraction of sp³-hybridized carbons (Fsp3) is 0.333. The first-order valence-corrected chi connectivity index (χ1v) is 6.88. The van der Waals surface area contributed by atoms with E-state index in [1.165, 1.54) is 11.1 Å². The van der Waals surface area contributed by atoms with Crippen molar-refractivity contribution in [1.29, 1.82) is 0 Å². The third-order valence-electron chi connectivity index (χ3n) is 3.70. The van der Waals surface area contributed by atoms with E-state index in [1.54, 1.807) is 0 Å². The fourth-order valence-electron chi connectivity index (χ4n) is 2.75. The standard InChI is InChI=1S/C15H16ClN3/c1-10-9-14(18-15(16)17-10)19-8-7-12-5-3-4-6-13(12)11(19)2/h3-6,9,11H,7-8H2,1-2H3. The van der Waals surface area contributed by atoms with Crippen LogP contribution in [0.1, 0.15) is 29.8 Å². The van der Waals surface area contributed by atoms with Crippen LogP contribution in [0.15, 0.2) is 30.3 Å². The van der Waals surface area contributed by atoms with E-state index < -0.39 is 0 Å². The number of rotatable bonds is 1. The molecule has 0 saturated carbocycles. The molecule has 0 N–H and O–H groups in total. The highest BCUT2D eigenvalue weighted by molar-refractivity contribution is 6.28. The van der Waals surface area contributed by atoms with Crippen molar-refractivity contribution < 1.29 is 0 Å². The van der Waals surface area contributed by atoms with E-state index in [9.17, 15) is 0 Å². The first-order chi connectivity index (χ1) is 9.15. The van der Waals surface area contributed by atoms with Gasteiger partial charge in [0.25, 0.3) is 0 Å². The summed E-state index contributed by atoms with van der Waals surface area (Å²) >= 11 is 5.97. The van der Waals surface area contributed by atoms with Crippen LogP contribution < -0.4 is 4.90 Å². The predicted octanol–water partition coefficient (Wildman–Crippen LogP) is 3.56. The molecule has 1 aliphatic rings. The summed E-state index contributed by atoms with van der Waals surface area (Å²) in [6, 6.07) is 10.9. The Morgan fingerprint density at radius 1 is 1.26 bits per heavy atom. The summed E-state index contributed by atoms with van der Waals surface area (Å²) in [4.78, 5) is 10.8. The Labute approximate surface area is 118 Å². The zero-order valence-corrected chi connectivity index (χ0v) is 11.9. The van der Waals surface area contributed by atoms with Crippen LogP contribution in [0.5, 0.6) is 0 Å². The van der Waals surface area contributed by atoms with Gasteiger partial charge in [0.15, 0.2) is 0 Å². The van der Waals surface area contributed by atoms with Gasteiger partial charge in [-0.3, -0.25) is 0 Å². The van der Waals surface area contributed by atoms with E-state index in [1.807, 2.05) is 13.0 Å². The van der Waals surface area contributed by atoms with Crippen LogP contribution in [0.2, 0.25) is 5.28 Å². The molecule has 0 amide bonds. The van der Waals surface area contributed by atoms with Crippen LogP contribution in [0.4, 0.5) is 5.82 Å². The lowest BCUT2D eigenvalue weighted by Gasteiger charge is -2.36. The van der Waals surface area contributed by atoms with Crippen LogP contribution in [-0.4, -0.2) is 16.5 Å². The molecule has 0 saturated heterocycles. The first kappa shape index (κ1) is 12.4. The molecule has 3 nitrogen and oxygen atoms in total. The summed E-state index contributed by atoms with van der Waals surface area (Å²) in [5.41, 5.74) is 3.71. The van der Waals surface area contributed by atoms with Crippen molar-refractivity contribution in [2.45, 2.75) is 26.3 Å². The number of fused-ring (bicyclic) bond motifs is 1. The van der Waals surface area contributed by atoms with Crippen LogP contribution >= 0.6 is 11.6 Å². The SMILES string of the molecule is Cc1cc(N2CCc3ccccc3C2C)nc(Cl)n1. The molecule has 1 unspecified atom stereocenters. The van der Waals surface area contributed by atoms with Crippen molar-refractivity contribution in [2.75, 3.05) is 11.4 Å². The maximum absolute atomic E-state index is 5.97. The minimum Gasteiger partial charge on any atom is -0.349 e. The van der Waals surface area contributed by atoms with Gasteiger partial charge in [0.1, 0.15) is 5.82 Å². The molecule has 0 bridgehead atoms. The van der Waals surface area contributed by atoms with Crippen LogP contribution in [0, 0.1) is 6.92 Å². The van der Waals surface area contributed by atoms with Gasteiger partial charge in [0, 0.05) is 18.3 Å². The molecular weight excluding hydrogens is 258 g/mol. The summed E-state index contributed by atoms with van der Waals surface area (Å²) < 4.78 is 0. The average molecular weight is 274 g/mol. The molecule has 0 spiro atoms. The monoisotopic (exact) mass is 273 g/mol. The number of anilines is 1. The smallest absolute Gasteiger partial charge is 0.224 e. The number of nitrogens with zero attached hydrogens (tertiary/aromatic N) is 3. The second kappa shape index (κ2) is 4.82. The zero-order valence-electron chi connectivity index (χ0n) is 11.1. The lowest BCUT2D eigenvalue weighted by Crippen LogP contribution is -2.34. The second-order valence-electron chi connectivity index (χ2n) is 4.95. The number of hydrogen-bond donors (Lipinski definition) is 0. The normalized spacial score (nSPS) is 18.3.